The second-order valence-corrected chi connectivity index (χ2v) is 19.3. The minimum Gasteiger partial charge on any atom is -0.748 e. The quantitative estimate of drug-likeness (QED) is 0.0520. The lowest BCUT2D eigenvalue weighted by molar-refractivity contribution is -0.890. The van der Waals surface area contributed by atoms with E-state index in [4.69, 9.17) is 18.8 Å². The van der Waals surface area contributed by atoms with Crippen molar-refractivity contribution in [2.45, 2.75) is 70.1 Å². The lowest BCUT2D eigenvalue weighted by Crippen LogP contribution is -2.52. The van der Waals surface area contributed by atoms with Crippen molar-refractivity contribution >= 4 is 67.0 Å². The molecule has 0 saturated carbocycles. The number of carbonyl (C=O) groups excluding carboxylic acids is 3. The maximum atomic E-state index is 14.1. The van der Waals surface area contributed by atoms with Crippen LogP contribution < -0.4 is 10.6 Å². The molecule has 51 heavy (non-hydrogen) atoms. The van der Waals surface area contributed by atoms with Crippen molar-refractivity contribution in [2.75, 3.05) is 51.8 Å². The molecule has 2 unspecified atom stereocenters. The fourth-order valence-corrected chi connectivity index (χ4v) is 9.12. The van der Waals surface area contributed by atoms with Gasteiger partial charge in [-0.3, -0.25) is 14.4 Å². The van der Waals surface area contributed by atoms with Gasteiger partial charge in [0.05, 0.1) is 51.7 Å². The molecule has 10 nitrogen and oxygen atoms in total. The maximum absolute atomic E-state index is 14.1. The van der Waals surface area contributed by atoms with E-state index >= 15 is 0 Å². The third kappa shape index (κ3) is 16.2. The SMILES string of the molecule is [C-]#[N+]C(C)(C)CC(C)(CC(C)(SC(=S)c1ccccc1)C(=O)NCCC[N+](C)(C)CCCS(=O)(=O)[O-])C(=O)NCCCSC(=O)c1ccccc1. The summed E-state index contributed by atoms with van der Waals surface area (Å²) in [5.74, 6) is -0.453. The average molecular weight is 777 g/mol. The Hall–Kier alpha value is -2.80. The van der Waals surface area contributed by atoms with Crippen LogP contribution in [0, 0.1) is 12.0 Å². The number of hydrogen-bond donors (Lipinski definition) is 2. The minimum absolute atomic E-state index is 0.0315. The summed E-state index contributed by atoms with van der Waals surface area (Å²) in [5.41, 5.74) is -0.611. The monoisotopic (exact) mass is 776 g/mol. The molecule has 0 aliphatic heterocycles. The van der Waals surface area contributed by atoms with Gasteiger partial charge in [-0.2, -0.15) is 0 Å². The minimum atomic E-state index is -4.27. The largest absolute Gasteiger partial charge is 0.748 e. The summed E-state index contributed by atoms with van der Waals surface area (Å²) >= 11 is 8.24. The summed E-state index contributed by atoms with van der Waals surface area (Å²) in [6.45, 7) is 16.8. The van der Waals surface area contributed by atoms with Crippen LogP contribution >= 0.6 is 35.7 Å². The third-order valence-electron chi connectivity index (χ3n) is 8.44. The molecule has 2 amide bonds. The summed E-state index contributed by atoms with van der Waals surface area (Å²) < 4.78 is 32.9. The number of hydrogen-bond acceptors (Lipinski definition) is 9. The molecule has 0 fully saturated rings. The van der Waals surface area contributed by atoms with Gasteiger partial charge in [0.15, 0.2) is 0 Å². The van der Waals surface area contributed by atoms with Crippen LogP contribution in [0.15, 0.2) is 60.7 Å². The molecule has 0 spiro atoms. The maximum Gasteiger partial charge on any atom is 0.236 e. The van der Waals surface area contributed by atoms with E-state index in [0.717, 1.165) is 5.56 Å². The first-order valence-electron chi connectivity index (χ1n) is 16.9. The average Bonchev–Trinajstić information content (AvgIpc) is 3.05. The second-order valence-electron chi connectivity index (χ2n) is 14.5. The zero-order valence-corrected chi connectivity index (χ0v) is 33.8. The van der Waals surface area contributed by atoms with Gasteiger partial charge in [0.2, 0.25) is 22.5 Å². The van der Waals surface area contributed by atoms with Gasteiger partial charge in [0.1, 0.15) is 0 Å². The summed E-state index contributed by atoms with van der Waals surface area (Å²) in [6, 6.07) is 18.4. The molecule has 2 rings (SSSR count). The van der Waals surface area contributed by atoms with Crippen molar-refractivity contribution < 1.29 is 31.8 Å². The summed E-state index contributed by atoms with van der Waals surface area (Å²) in [5, 5.41) is 6.05. The molecule has 0 bridgehead atoms. The first kappa shape index (κ1) is 44.4. The van der Waals surface area contributed by atoms with Gasteiger partial charge in [-0.1, -0.05) is 103 Å². The van der Waals surface area contributed by atoms with Crippen molar-refractivity contribution in [1.82, 2.24) is 10.6 Å². The number of nitrogens with one attached hydrogen (secondary N) is 2. The highest BCUT2D eigenvalue weighted by atomic mass is 32.2. The van der Waals surface area contributed by atoms with E-state index < -0.39 is 31.6 Å². The molecule has 0 heterocycles. The van der Waals surface area contributed by atoms with Crippen molar-refractivity contribution in [3.63, 3.8) is 0 Å². The number of rotatable bonds is 21. The van der Waals surface area contributed by atoms with E-state index in [1.807, 2.05) is 62.6 Å². The van der Waals surface area contributed by atoms with Gasteiger partial charge < -0.3 is 24.5 Å². The first-order valence-corrected chi connectivity index (χ1v) is 20.7. The molecule has 2 N–H and O–H groups in total. The van der Waals surface area contributed by atoms with E-state index in [9.17, 15) is 27.4 Å². The smallest absolute Gasteiger partial charge is 0.236 e. The molecule has 0 saturated heterocycles. The molecule has 0 aromatic heterocycles. The van der Waals surface area contributed by atoms with Gasteiger partial charge in [-0.15, -0.1) is 0 Å². The Kier molecular flexibility index (Phi) is 17.3. The highest BCUT2D eigenvalue weighted by Crippen LogP contribution is 2.44. The van der Waals surface area contributed by atoms with Crippen molar-refractivity contribution in [2.24, 2.45) is 5.41 Å². The standard InChI is InChI=1S/C37H52N4O6S4/c1-35(2,38-5)27-36(3,33(43)39-22-15-25-49-31(42)29-17-10-8-11-18-29)28-37(4,50-32(48)30-19-12-9-13-20-30)34(44)40-21-14-23-41(6,7)24-16-26-51(45,46)47/h8-13,17-20H,14-16,21-28H2,1-4,6-7H3,(H2-,39,40,43,44,45,46,47). The number of quaternary nitrogens is 1. The number of carbonyl (C=O) groups is 3. The van der Waals surface area contributed by atoms with E-state index in [2.05, 4.69) is 15.5 Å². The van der Waals surface area contributed by atoms with Crippen molar-refractivity contribution in [1.29, 1.82) is 0 Å². The first-order chi connectivity index (χ1) is 23.7. The van der Waals surface area contributed by atoms with Gasteiger partial charge >= 0.3 is 0 Å². The molecular weight excluding hydrogens is 725 g/mol. The molecule has 280 valence electrons. The molecule has 2 atom stereocenters. The van der Waals surface area contributed by atoms with Gasteiger partial charge in [0.25, 0.3) is 0 Å². The molecule has 14 heteroatoms. The normalized spacial score (nSPS) is 14.4. The van der Waals surface area contributed by atoms with Crippen molar-refractivity contribution in [3.05, 3.63) is 83.2 Å². The van der Waals surface area contributed by atoms with Gasteiger partial charge in [-0.05, 0) is 25.3 Å². The Morgan fingerprint density at radius 3 is 1.94 bits per heavy atom. The summed E-state index contributed by atoms with van der Waals surface area (Å²) in [6.07, 6.45) is 1.70. The van der Waals surface area contributed by atoms with E-state index in [1.165, 1.54) is 23.5 Å². The molecular formula is C37H52N4O6S4. The van der Waals surface area contributed by atoms with Crippen LogP contribution in [0.3, 0.4) is 0 Å². The third-order valence-corrected chi connectivity index (χ3v) is 11.9. The van der Waals surface area contributed by atoms with Crippen LogP contribution in [0.25, 0.3) is 4.85 Å². The topological polar surface area (TPSA) is 137 Å². The van der Waals surface area contributed by atoms with Gasteiger partial charge in [-0.25, -0.2) is 15.0 Å². The highest BCUT2D eigenvalue weighted by molar-refractivity contribution is 8.25. The number of nitrogens with zero attached hydrogens (tertiary/aromatic N) is 2. The Morgan fingerprint density at radius 1 is 0.843 bits per heavy atom. The number of thiocarbonyl (C=S) groups is 1. The van der Waals surface area contributed by atoms with Crippen LogP contribution in [0.2, 0.25) is 0 Å². The lowest BCUT2D eigenvalue weighted by atomic mass is 9.72. The Bertz CT molecular complexity index is 1630. The summed E-state index contributed by atoms with van der Waals surface area (Å²) in [7, 11) is -0.383. The zero-order chi connectivity index (χ0) is 38.3. The van der Waals surface area contributed by atoms with E-state index in [0.29, 0.717) is 59.0 Å². The fourth-order valence-electron chi connectivity index (χ4n) is 5.95. The van der Waals surface area contributed by atoms with Crippen LogP contribution in [0.1, 0.15) is 75.7 Å². The molecule has 0 radical (unpaired) electrons. The molecule has 2 aromatic carbocycles. The lowest BCUT2D eigenvalue weighted by Gasteiger charge is -2.38. The van der Waals surface area contributed by atoms with E-state index in [-0.39, 0.29) is 36.2 Å². The predicted octanol–water partition coefficient (Wildman–Crippen LogP) is 5.94. The van der Waals surface area contributed by atoms with Crippen molar-refractivity contribution in [3.8, 4) is 0 Å². The molecule has 0 aliphatic carbocycles. The highest BCUT2D eigenvalue weighted by Gasteiger charge is 2.49. The Labute approximate surface area is 318 Å². The number of thioether (sulfide) groups is 2. The van der Waals surface area contributed by atoms with Crippen LogP contribution in [-0.2, 0) is 19.7 Å². The Morgan fingerprint density at radius 2 is 1.37 bits per heavy atom. The molecule has 2 aromatic rings. The predicted molar refractivity (Wildman–Crippen MR) is 212 cm³/mol. The molecule has 0 aliphatic rings. The number of benzene rings is 2. The van der Waals surface area contributed by atoms with Crippen LogP contribution in [0.4, 0.5) is 0 Å². The van der Waals surface area contributed by atoms with E-state index in [1.54, 1.807) is 39.8 Å². The van der Waals surface area contributed by atoms with Crippen LogP contribution in [0.5, 0.6) is 0 Å². The Balaban J connectivity index is 2.21. The van der Waals surface area contributed by atoms with Gasteiger partial charge in [0, 0.05) is 63.3 Å². The second kappa shape index (κ2) is 19.9. The van der Waals surface area contributed by atoms with Crippen LogP contribution in [-0.4, -0.2) is 101 Å². The zero-order valence-electron chi connectivity index (χ0n) is 30.5. The fraction of sp³-hybridized carbons (Fsp3) is 0.541. The number of amides is 2. The summed E-state index contributed by atoms with van der Waals surface area (Å²) in [4.78, 5) is 44.4.